The van der Waals surface area contributed by atoms with E-state index < -0.39 is 12.0 Å². The van der Waals surface area contributed by atoms with Crippen LogP contribution in [-0.4, -0.2) is 18.2 Å². The smallest absolute Gasteiger partial charge is 0.327 e. The molecule has 3 N–H and O–H groups in total. The molecular formula is C9H10ClNO3. The summed E-state index contributed by atoms with van der Waals surface area (Å²) in [7, 11) is 1.23. The van der Waals surface area contributed by atoms with Crippen LogP contribution in [0.3, 0.4) is 0 Å². The number of rotatable bonds is 2. The largest absolute Gasteiger partial charge is 0.508 e. The Morgan fingerprint density at radius 3 is 2.79 bits per heavy atom. The van der Waals surface area contributed by atoms with Crippen LogP contribution >= 0.6 is 11.6 Å². The summed E-state index contributed by atoms with van der Waals surface area (Å²) in [6.07, 6.45) is 0. The molecule has 1 aromatic rings. The number of esters is 1. The third-order valence-corrected chi connectivity index (χ3v) is 2.02. The Hall–Kier alpha value is -1.26. The van der Waals surface area contributed by atoms with Gasteiger partial charge in [0.25, 0.3) is 0 Å². The third-order valence-electron chi connectivity index (χ3n) is 1.78. The number of ether oxygens (including phenoxy) is 1. The van der Waals surface area contributed by atoms with Crippen LogP contribution in [0.1, 0.15) is 11.6 Å². The first-order valence-electron chi connectivity index (χ1n) is 3.88. The Bertz CT molecular complexity index is 354. The summed E-state index contributed by atoms with van der Waals surface area (Å²) in [5, 5.41) is 9.81. The van der Waals surface area contributed by atoms with Gasteiger partial charge in [-0.25, -0.2) is 0 Å². The second-order valence-electron chi connectivity index (χ2n) is 2.70. The second kappa shape index (κ2) is 4.30. The molecule has 0 saturated carbocycles. The summed E-state index contributed by atoms with van der Waals surface area (Å²) >= 11 is 5.62. The maximum atomic E-state index is 11.1. The molecule has 0 spiro atoms. The van der Waals surface area contributed by atoms with Crippen molar-refractivity contribution in [3.05, 3.63) is 28.8 Å². The topological polar surface area (TPSA) is 72.5 Å². The molecule has 0 bridgehead atoms. The number of hydrogen-bond acceptors (Lipinski definition) is 4. The van der Waals surface area contributed by atoms with Gasteiger partial charge in [0.15, 0.2) is 0 Å². The van der Waals surface area contributed by atoms with Crippen molar-refractivity contribution in [2.24, 2.45) is 5.73 Å². The van der Waals surface area contributed by atoms with Crippen LogP contribution < -0.4 is 5.73 Å². The molecule has 0 fully saturated rings. The predicted molar refractivity (Wildman–Crippen MR) is 52.1 cm³/mol. The highest BCUT2D eigenvalue weighted by Crippen LogP contribution is 2.26. The molecule has 0 aromatic heterocycles. The van der Waals surface area contributed by atoms with E-state index in [1.165, 1.54) is 19.2 Å². The van der Waals surface area contributed by atoms with Crippen molar-refractivity contribution in [2.45, 2.75) is 6.04 Å². The SMILES string of the molecule is COC(=O)[C@H](N)c1ccc(Cl)cc1O. The van der Waals surface area contributed by atoms with Crippen LogP contribution in [0, 0.1) is 0 Å². The van der Waals surface area contributed by atoms with Crippen LogP contribution in [0.15, 0.2) is 18.2 Å². The van der Waals surface area contributed by atoms with Gasteiger partial charge < -0.3 is 15.6 Å². The van der Waals surface area contributed by atoms with E-state index in [0.717, 1.165) is 0 Å². The van der Waals surface area contributed by atoms with Gasteiger partial charge in [0.1, 0.15) is 11.8 Å². The van der Waals surface area contributed by atoms with Crippen molar-refractivity contribution in [1.29, 1.82) is 0 Å². The molecule has 5 heteroatoms. The first-order valence-corrected chi connectivity index (χ1v) is 4.26. The molecular weight excluding hydrogens is 206 g/mol. The number of halogens is 1. The van der Waals surface area contributed by atoms with Crippen LogP contribution in [0.5, 0.6) is 5.75 Å². The van der Waals surface area contributed by atoms with Crippen LogP contribution in [0.25, 0.3) is 0 Å². The molecule has 0 heterocycles. The number of benzene rings is 1. The number of nitrogens with two attached hydrogens (primary N) is 1. The number of phenols is 1. The second-order valence-corrected chi connectivity index (χ2v) is 3.14. The minimum atomic E-state index is -0.989. The summed E-state index contributed by atoms with van der Waals surface area (Å²) in [6, 6.07) is 3.36. The van der Waals surface area contributed by atoms with E-state index in [2.05, 4.69) is 4.74 Å². The van der Waals surface area contributed by atoms with E-state index in [1.54, 1.807) is 6.07 Å². The summed E-state index contributed by atoms with van der Waals surface area (Å²) in [4.78, 5) is 11.1. The Kier molecular flexibility index (Phi) is 3.33. The zero-order valence-electron chi connectivity index (χ0n) is 7.53. The summed E-state index contributed by atoms with van der Waals surface area (Å²) in [5.41, 5.74) is 5.82. The highest BCUT2D eigenvalue weighted by molar-refractivity contribution is 6.30. The van der Waals surface area contributed by atoms with Crippen molar-refractivity contribution in [1.82, 2.24) is 0 Å². The number of hydrogen-bond donors (Lipinski definition) is 2. The van der Waals surface area contributed by atoms with E-state index in [4.69, 9.17) is 17.3 Å². The Balaban J connectivity index is 3.01. The normalized spacial score (nSPS) is 12.2. The fraction of sp³-hybridized carbons (Fsp3) is 0.222. The van der Waals surface area contributed by atoms with Gasteiger partial charge in [-0.15, -0.1) is 0 Å². The summed E-state index contributed by atoms with van der Waals surface area (Å²) in [5.74, 6) is -0.724. The monoisotopic (exact) mass is 215 g/mol. The standard InChI is InChI=1S/C9H10ClNO3/c1-14-9(13)8(11)6-3-2-5(10)4-7(6)12/h2-4,8,12H,11H2,1H3/t8-/m1/s1. The fourth-order valence-corrected chi connectivity index (χ4v) is 1.20. The van der Waals surface area contributed by atoms with Gasteiger partial charge in [-0.2, -0.15) is 0 Å². The van der Waals surface area contributed by atoms with Crippen LogP contribution in [-0.2, 0) is 9.53 Å². The van der Waals surface area contributed by atoms with E-state index >= 15 is 0 Å². The number of phenolic OH excluding ortho intramolecular Hbond substituents is 1. The zero-order chi connectivity index (χ0) is 10.7. The molecule has 1 aromatic carbocycles. The first kappa shape index (κ1) is 10.8. The Labute approximate surface area is 86.2 Å². The minimum absolute atomic E-state index is 0.115. The average molecular weight is 216 g/mol. The molecule has 0 saturated heterocycles. The summed E-state index contributed by atoms with van der Waals surface area (Å²) < 4.78 is 4.44. The first-order chi connectivity index (χ1) is 6.56. The predicted octanol–water partition coefficient (Wildman–Crippen LogP) is 1.22. The van der Waals surface area contributed by atoms with Gasteiger partial charge in [-0.1, -0.05) is 17.7 Å². The van der Waals surface area contributed by atoms with Crippen LogP contribution in [0.2, 0.25) is 5.02 Å². The quantitative estimate of drug-likeness (QED) is 0.728. The number of carbonyl (C=O) groups excluding carboxylic acids is 1. The van der Waals surface area contributed by atoms with Crippen LogP contribution in [0.4, 0.5) is 0 Å². The van der Waals surface area contributed by atoms with Gasteiger partial charge in [0.05, 0.1) is 7.11 Å². The van der Waals surface area contributed by atoms with Gasteiger partial charge in [0, 0.05) is 10.6 Å². The lowest BCUT2D eigenvalue weighted by atomic mass is 10.1. The molecule has 4 nitrogen and oxygen atoms in total. The third kappa shape index (κ3) is 2.16. The lowest BCUT2D eigenvalue weighted by molar-refractivity contribution is -0.142. The number of aromatic hydroxyl groups is 1. The maximum absolute atomic E-state index is 11.1. The molecule has 0 aliphatic heterocycles. The highest BCUT2D eigenvalue weighted by Gasteiger charge is 2.19. The lowest BCUT2D eigenvalue weighted by Crippen LogP contribution is -2.22. The average Bonchev–Trinajstić information content (AvgIpc) is 2.15. The molecule has 1 rings (SSSR count). The van der Waals surface area contributed by atoms with Gasteiger partial charge in [-0.05, 0) is 12.1 Å². The van der Waals surface area contributed by atoms with Crippen molar-refractivity contribution >= 4 is 17.6 Å². The van der Waals surface area contributed by atoms with Crippen molar-refractivity contribution in [3.63, 3.8) is 0 Å². The number of carbonyl (C=O) groups is 1. The van der Waals surface area contributed by atoms with Gasteiger partial charge in [0.2, 0.25) is 0 Å². The maximum Gasteiger partial charge on any atom is 0.327 e. The van der Waals surface area contributed by atoms with E-state index in [1.807, 2.05) is 0 Å². The van der Waals surface area contributed by atoms with E-state index in [9.17, 15) is 9.90 Å². The Morgan fingerprint density at radius 2 is 2.29 bits per heavy atom. The molecule has 14 heavy (non-hydrogen) atoms. The molecule has 0 aliphatic rings. The Morgan fingerprint density at radius 1 is 1.64 bits per heavy atom. The minimum Gasteiger partial charge on any atom is -0.508 e. The van der Waals surface area contributed by atoms with Gasteiger partial charge in [-0.3, -0.25) is 4.79 Å². The van der Waals surface area contributed by atoms with Crippen molar-refractivity contribution < 1.29 is 14.6 Å². The van der Waals surface area contributed by atoms with E-state index in [0.29, 0.717) is 10.6 Å². The molecule has 1 atom stereocenters. The zero-order valence-corrected chi connectivity index (χ0v) is 8.28. The van der Waals surface area contributed by atoms with Crippen molar-refractivity contribution in [3.8, 4) is 5.75 Å². The molecule has 76 valence electrons. The molecule has 0 amide bonds. The van der Waals surface area contributed by atoms with Gasteiger partial charge >= 0.3 is 5.97 Å². The summed E-state index contributed by atoms with van der Waals surface area (Å²) in [6.45, 7) is 0. The van der Waals surface area contributed by atoms with E-state index in [-0.39, 0.29) is 5.75 Å². The molecule has 0 unspecified atom stereocenters. The number of methoxy groups -OCH3 is 1. The van der Waals surface area contributed by atoms with Crippen molar-refractivity contribution in [2.75, 3.05) is 7.11 Å². The lowest BCUT2D eigenvalue weighted by Gasteiger charge is -2.11. The fourth-order valence-electron chi connectivity index (χ4n) is 1.03. The molecule has 0 radical (unpaired) electrons. The highest BCUT2D eigenvalue weighted by atomic mass is 35.5. The molecule has 0 aliphatic carbocycles.